The van der Waals surface area contributed by atoms with E-state index in [0.29, 0.717) is 19.1 Å². The van der Waals surface area contributed by atoms with Crippen LogP contribution < -0.4 is 5.32 Å². The molecule has 1 atom stereocenters. The van der Waals surface area contributed by atoms with E-state index in [0.717, 1.165) is 10.9 Å². The van der Waals surface area contributed by atoms with Gasteiger partial charge >= 0.3 is 6.09 Å². The van der Waals surface area contributed by atoms with Crippen molar-refractivity contribution in [2.45, 2.75) is 13.5 Å². The number of amides is 1. The maximum absolute atomic E-state index is 11.3. The minimum absolute atomic E-state index is 0.336. The maximum Gasteiger partial charge on any atom is 0.407 e. The van der Waals surface area contributed by atoms with Crippen LogP contribution in [0.3, 0.4) is 0 Å². The summed E-state index contributed by atoms with van der Waals surface area (Å²) >= 11 is 3.33. The number of alkyl carbamates (subject to hydrolysis) is 1. The van der Waals surface area contributed by atoms with Crippen molar-refractivity contribution in [3.8, 4) is 0 Å². The number of ether oxygens (including phenoxy) is 1. The van der Waals surface area contributed by atoms with Crippen molar-refractivity contribution < 1.29 is 9.53 Å². The molecule has 0 aromatic heterocycles. The summed E-state index contributed by atoms with van der Waals surface area (Å²) in [5, 5.41) is 3.53. The van der Waals surface area contributed by atoms with Crippen molar-refractivity contribution >= 4 is 22.0 Å². The lowest BCUT2D eigenvalue weighted by molar-refractivity contribution is 0.133. The molecule has 1 unspecified atom stereocenters. The Hall–Kier alpha value is -1.03. The second-order valence-corrected chi connectivity index (χ2v) is 4.34. The number of halogens is 1. The van der Waals surface area contributed by atoms with E-state index in [2.05, 4.69) is 21.2 Å². The second kappa shape index (κ2) is 7.28. The van der Waals surface area contributed by atoms with Crippen molar-refractivity contribution in [2.24, 2.45) is 5.92 Å². The summed E-state index contributed by atoms with van der Waals surface area (Å²) in [4.78, 5) is 11.3. The van der Waals surface area contributed by atoms with E-state index in [-0.39, 0.29) is 6.09 Å². The fraction of sp³-hybridized carbons (Fsp3) is 0.417. The fourth-order valence-corrected chi connectivity index (χ4v) is 1.27. The van der Waals surface area contributed by atoms with E-state index in [1.54, 1.807) is 0 Å². The molecule has 0 heterocycles. The van der Waals surface area contributed by atoms with Gasteiger partial charge in [0.15, 0.2) is 0 Å². The first-order chi connectivity index (χ1) is 7.72. The van der Waals surface area contributed by atoms with Crippen LogP contribution in [0.4, 0.5) is 4.79 Å². The zero-order valence-corrected chi connectivity index (χ0v) is 10.9. The summed E-state index contributed by atoms with van der Waals surface area (Å²) in [7, 11) is 0. The van der Waals surface area contributed by atoms with E-state index in [4.69, 9.17) is 4.74 Å². The molecule has 0 radical (unpaired) electrons. The molecule has 1 N–H and O–H groups in total. The molecule has 1 aromatic rings. The van der Waals surface area contributed by atoms with E-state index < -0.39 is 0 Å². The zero-order valence-electron chi connectivity index (χ0n) is 9.28. The number of carbonyl (C=O) groups excluding carboxylic acids is 1. The number of hydrogen-bond donors (Lipinski definition) is 1. The van der Waals surface area contributed by atoms with Crippen LogP contribution >= 0.6 is 15.9 Å². The van der Waals surface area contributed by atoms with Gasteiger partial charge in [0.05, 0.1) is 6.61 Å². The predicted molar refractivity (Wildman–Crippen MR) is 67.6 cm³/mol. The first-order valence-corrected chi connectivity index (χ1v) is 6.35. The number of benzene rings is 1. The smallest absolute Gasteiger partial charge is 0.407 e. The first kappa shape index (κ1) is 13.0. The molecule has 0 aliphatic carbocycles. The molecule has 1 rings (SSSR count). The van der Waals surface area contributed by atoms with E-state index in [1.165, 1.54) is 0 Å². The minimum atomic E-state index is -0.364. The molecule has 0 fully saturated rings. The molecule has 0 bridgehead atoms. The monoisotopic (exact) mass is 285 g/mol. The van der Waals surface area contributed by atoms with Gasteiger partial charge in [0.1, 0.15) is 0 Å². The minimum Gasteiger partial charge on any atom is -0.449 e. The Kier molecular flexibility index (Phi) is 5.93. The van der Waals surface area contributed by atoms with Crippen LogP contribution in [0.1, 0.15) is 12.5 Å². The van der Waals surface area contributed by atoms with Crippen LogP contribution in [0.15, 0.2) is 30.3 Å². The van der Waals surface area contributed by atoms with Gasteiger partial charge in [0.2, 0.25) is 0 Å². The summed E-state index contributed by atoms with van der Waals surface area (Å²) < 4.78 is 5.04. The quantitative estimate of drug-likeness (QED) is 0.845. The van der Waals surface area contributed by atoms with Crippen molar-refractivity contribution in [1.82, 2.24) is 5.32 Å². The van der Waals surface area contributed by atoms with Crippen molar-refractivity contribution in [3.63, 3.8) is 0 Å². The Bertz CT molecular complexity index is 316. The lowest BCUT2D eigenvalue weighted by atomic mass is 10.2. The van der Waals surface area contributed by atoms with Gasteiger partial charge in [-0.2, -0.15) is 0 Å². The molecule has 0 saturated carbocycles. The van der Waals surface area contributed by atoms with Gasteiger partial charge in [-0.05, 0) is 5.56 Å². The van der Waals surface area contributed by atoms with Crippen LogP contribution in [0.5, 0.6) is 0 Å². The fourth-order valence-electron chi connectivity index (χ4n) is 1.08. The van der Waals surface area contributed by atoms with Gasteiger partial charge < -0.3 is 10.1 Å². The summed E-state index contributed by atoms with van der Waals surface area (Å²) in [5.41, 5.74) is 1.06. The summed E-state index contributed by atoms with van der Waals surface area (Å²) in [5.74, 6) is 0.336. The molecule has 16 heavy (non-hydrogen) atoms. The zero-order chi connectivity index (χ0) is 11.8. The molecule has 88 valence electrons. The largest absolute Gasteiger partial charge is 0.449 e. The lowest BCUT2D eigenvalue weighted by Crippen LogP contribution is -2.25. The van der Waals surface area contributed by atoms with Gasteiger partial charge in [0, 0.05) is 17.8 Å². The van der Waals surface area contributed by atoms with Gasteiger partial charge in [-0.15, -0.1) is 0 Å². The van der Waals surface area contributed by atoms with Crippen molar-refractivity contribution in [3.05, 3.63) is 35.9 Å². The third kappa shape index (κ3) is 5.16. The van der Waals surface area contributed by atoms with Crippen LogP contribution in [-0.2, 0) is 11.3 Å². The van der Waals surface area contributed by atoms with Crippen molar-refractivity contribution in [1.29, 1.82) is 0 Å². The predicted octanol–water partition coefficient (Wildman–Crippen LogP) is 2.94. The highest BCUT2D eigenvalue weighted by Gasteiger charge is 2.05. The second-order valence-electron chi connectivity index (χ2n) is 3.70. The van der Waals surface area contributed by atoms with E-state index >= 15 is 0 Å². The maximum atomic E-state index is 11.3. The standard InChI is InChI=1S/C12H16BrNO2/c1-10(7-13)9-16-12(15)14-8-11-5-3-2-4-6-11/h2-6,10H,7-9H2,1H3,(H,14,15). The molecule has 1 amide bonds. The molecule has 1 aromatic carbocycles. The topological polar surface area (TPSA) is 38.3 Å². The van der Waals surface area contributed by atoms with Gasteiger partial charge in [0.25, 0.3) is 0 Å². The van der Waals surface area contributed by atoms with Crippen LogP contribution in [-0.4, -0.2) is 18.0 Å². The summed E-state index contributed by atoms with van der Waals surface area (Å²) in [6.07, 6.45) is -0.364. The van der Waals surface area contributed by atoms with Crippen LogP contribution in [0.25, 0.3) is 0 Å². The third-order valence-electron chi connectivity index (χ3n) is 2.04. The van der Waals surface area contributed by atoms with Gasteiger partial charge in [-0.25, -0.2) is 4.79 Å². The Morgan fingerprint density at radius 3 is 2.75 bits per heavy atom. The Balaban J connectivity index is 2.20. The summed E-state index contributed by atoms with van der Waals surface area (Å²) in [6, 6.07) is 9.74. The average Bonchev–Trinajstić information content (AvgIpc) is 2.34. The molecule has 0 aliphatic heterocycles. The normalized spacial score (nSPS) is 11.9. The highest BCUT2D eigenvalue weighted by Crippen LogP contribution is 2.01. The Labute approximate surface area is 104 Å². The molecular weight excluding hydrogens is 270 g/mol. The molecule has 0 saturated heterocycles. The lowest BCUT2D eigenvalue weighted by Gasteiger charge is -2.10. The Morgan fingerprint density at radius 1 is 1.44 bits per heavy atom. The molecule has 3 nitrogen and oxygen atoms in total. The molecular formula is C12H16BrNO2. The van der Waals surface area contributed by atoms with E-state index in [1.807, 2.05) is 37.3 Å². The van der Waals surface area contributed by atoms with Crippen LogP contribution in [0, 0.1) is 5.92 Å². The van der Waals surface area contributed by atoms with Gasteiger partial charge in [-0.1, -0.05) is 53.2 Å². The Morgan fingerprint density at radius 2 is 2.12 bits per heavy atom. The first-order valence-electron chi connectivity index (χ1n) is 5.23. The molecule has 0 aliphatic rings. The highest BCUT2D eigenvalue weighted by molar-refractivity contribution is 9.09. The number of hydrogen-bond acceptors (Lipinski definition) is 2. The highest BCUT2D eigenvalue weighted by atomic mass is 79.9. The molecule has 4 heteroatoms. The van der Waals surface area contributed by atoms with E-state index in [9.17, 15) is 4.79 Å². The van der Waals surface area contributed by atoms with Crippen LogP contribution in [0.2, 0.25) is 0 Å². The molecule has 0 spiro atoms. The van der Waals surface area contributed by atoms with Crippen molar-refractivity contribution in [2.75, 3.05) is 11.9 Å². The number of rotatable bonds is 5. The third-order valence-corrected chi connectivity index (χ3v) is 3.15. The number of carbonyl (C=O) groups is 1. The average molecular weight is 286 g/mol. The van der Waals surface area contributed by atoms with Gasteiger partial charge in [-0.3, -0.25) is 0 Å². The number of nitrogens with one attached hydrogen (secondary N) is 1. The number of alkyl halides is 1. The SMILES string of the molecule is CC(CBr)COC(=O)NCc1ccccc1. The summed E-state index contributed by atoms with van der Waals surface area (Å²) in [6.45, 7) is 2.95.